The molecule has 12 heavy (non-hydrogen) atoms. The normalized spacial score (nSPS) is 37.2. The molecule has 1 aliphatic heterocycles. The molecule has 0 aromatic rings. The molecule has 1 nitrogen and oxygen atoms in total. The van der Waals surface area contributed by atoms with Crippen molar-refractivity contribution >= 4 is 0 Å². The molecule has 0 N–H and O–H groups in total. The van der Waals surface area contributed by atoms with Gasteiger partial charge in [0.2, 0.25) is 0 Å². The van der Waals surface area contributed by atoms with E-state index >= 15 is 0 Å². The zero-order valence-corrected chi connectivity index (χ0v) is 8.42. The van der Waals surface area contributed by atoms with E-state index in [9.17, 15) is 0 Å². The van der Waals surface area contributed by atoms with E-state index in [1.54, 1.807) is 0 Å². The van der Waals surface area contributed by atoms with Gasteiger partial charge in [0.15, 0.2) is 0 Å². The van der Waals surface area contributed by atoms with E-state index in [0.29, 0.717) is 0 Å². The van der Waals surface area contributed by atoms with Gasteiger partial charge in [-0.2, -0.15) is 0 Å². The van der Waals surface area contributed by atoms with Crippen LogP contribution in [0, 0.1) is 11.8 Å². The molecule has 72 valence electrons. The second kappa shape index (κ2) is 3.37. The van der Waals surface area contributed by atoms with Gasteiger partial charge in [-0.1, -0.05) is 12.8 Å². The third-order valence-electron chi connectivity index (χ3n) is 3.80. The van der Waals surface area contributed by atoms with Crippen molar-refractivity contribution in [1.29, 1.82) is 0 Å². The highest BCUT2D eigenvalue weighted by Crippen LogP contribution is 2.37. The summed E-state index contributed by atoms with van der Waals surface area (Å²) in [4.78, 5) is 2.66. The van der Waals surface area contributed by atoms with Crippen LogP contribution in [0.15, 0.2) is 0 Å². The van der Waals surface area contributed by atoms with Crippen LogP contribution in [0.2, 0.25) is 0 Å². The SMILES string of the molecule is CC(C)N1CCC2CCCC2C1.[2HH]. The predicted octanol–water partition coefficient (Wildman–Crippen LogP) is 2.76. The molecular formula is C11H23N. The van der Waals surface area contributed by atoms with Gasteiger partial charge in [-0.25, -0.2) is 0 Å². The molecular weight excluding hydrogens is 146 g/mol. The fourth-order valence-corrected chi connectivity index (χ4v) is 2.93. The Labute approximate surface area is 77.6 Å². The summed E-state index contributed by atoms with van der Waals surface area (Å²) in [6, 6.07) is 0.770. The summed E-state index contributed by atoms with van der Waals surface area (Å²) in [6.07, 6.45) is 6.01. The van der Waals surface area contributed by atoms with E-state index in [0.717, 1.165) is 17.9 Å². The molecule has 0 radical (unpaired) electrons. The molecule has 0 aromatic heterocycles. The van der Waals surface area contributed by atoms with Crippen molar-refractivity contribution < 1.29 is 1.43 Å². The molecule has 2 unspecified atom stereocenters. The predicted molar refractivity (Wildman–Crippen MR) is 54.3 cm³/mol. The van der Waals surface area contributed by atoms with Gasteiger partial charge in [-0.3, -0.25) is 0 Å². The summed E-state index contributed by atoms with van der Waals surface area (Å²) >= 11 is 0. The summed E-state index contributed by atoms with van der Waals surface area (Å²) in [5.74, 6) is 2.15. The van der Waals surface area contributed by atoms with E-state index in [4.69, 9.17) is 0 Å². The number of likely N-dealkylation sites (tertiary alicyclic amines) is 1. The smallest absolute Gasteiger partial charge is 0.00387 e. The van der Waals surface area contributed by atoms with Crippen LogP contribution in [0.5, 0.6) is 0 Å². The second-order valence-electron chi connectivity index (χ2n) is 4.83. The molecule has 0 bridgehead atoms. The van der Waals surface area contributed by atoms with Crippen molar-refractivity contribution in [2.75, 3.05) is 13.1 Å². The van der Waals surface area contributed by atoms with Gasteiger partial charge in [0, 0.05) is 14.0 Å². The summed E-state index contributed by atoms with van der Waals surface area (Å²) in [5, 5.41) is 0. The number of fused-ring (bicyclic) bond motifs is 1. The topological polar surface area (TPSA) is 3.24 Å². The van der Waals surface area contributed by atoms with Gasteiger partial charge in [0.25, 0.3) is 0 Å². The average Bonchev–Trinajstić information content (AvgIpc) is 2.49. The molecule has 0 spiro atoms. The van der Waals surface area contributed by atoms with E-state index in [1.165, 1.54) is 38.8 Å². The molecule has 1 heteroatoms. The zero-order valence-electron chi connectivity index (χ0n) is 8.42. The summed E-state index contributed by atoms with van der Waals surface area (Å²) in [5.41, 5.74) is 0. The Kier molecular flexibility index (Phi) is 2.40. The first-order valence-electron chi connectivity index (χ1n) is 5.51. The molecule has 1 saturated heterocycles. The molecule has 2 fully saturated rings. The molecule has 0 aromatic carbocycles. The maximum Gasteiger partial charge on any atom is 0.00387 e. The number of nitrogens with zero attached hydrogens (tertiary/aromatic N) is 1. The monoisotopic (exact) mass is 170 g/mol. The highest BCUT2D eigenvalue weighted by molar-refractivity contribution is 4.85. The van der Waals surface area contributed by atoms with Crippen molar-refractivity contribution in [2.24, 2.45) is 11.8 Å². The fourth-order valence-electron chi connectivity index (χ4n) is 2.93. The lowest BCUT2D eigenvalue weighted by molar-refractivity contribution is 0.110. The molecule has 2 rings (SSSR count). The lowest BCUT2D eigenvalue weighted by atomic mass is 9.88. The first-order chi connectivity index (χ1) is 5.77. The van der Waals surface area contributed by atoms with E-state index in [2.05, 4.69) is 18.7 Å². The Morgan fingerprint density at radius 2 is 1.92 bits per heavy atom. The van der Waals surface area contributed by atoms with Crippen LogP contribution in [0.25, 0.3) is 0 Å². The summed E-state index contributed by atoms with van der Waals surface area (Å²) in [7, 11) is 0. The standard InChI is InChI=1S/C11H21N.H2/c1-9(2)12-7-6-10-4-3-5-11(10)8-12;/h9-11H,3-8H2,1-2H3;1H/i;1+1. The average molecular weight is 170 g/mol. The molecule has 1 heterocycles. The maximum atomic E-state index is 2.66. The Balaban J connectivity index is 0.000000845. The number of hydrogen-bond acceptors (Lipinski definition) is 1. The highest BCUT2D eigenvalue weighted by Gasteiger charge is 2.33. The van der Waals surface area contributed by atoms with Crippen LogP contribution >= 0.6 is 0 Å². The largest absolute Gasteiger partial charge is 0.301 e. The second-order valence-corrected chi connectivity index (χ2v) is 4.83. The van der Waals surface area contributed by atoms with Crippen LogP contribution in [-0.4, -0.2) is 24.0 Å². The fraction of sp³-hybridized carbons (Fsp3) is 1.00. The van der Waals surface area contributed by atoms with Crippen LogP contribution in [0.4, 0.5) is 0 Å². The minimum absolute atomic E-state index is 0. The number of piperidine rings is 1. The van der Waals surface area contributed by atoms with Crippen molar-refractivity contribution in [3.05, 3.63) is 0 Å². The third kappa shape index (κ3) is 1.52. The van der Waals surface area contributed by atoms with Crippen LogP contribution in [-0.2, 0) is 0 Å². The van der Waals surface area contributed by atoms with E-state index in [1.807, 2.05) is 0 Å². The van der Waals surface area contributed by atoms with Gasteiger partial charge in [0.1, 0.15) is 0 Å². The van der Waals surface area contributed by atoms with Gasteiger partial charge in [-0.05, 0) is 45.1 Å². The Hall–Kier alpha value is -0.0400. The third-order valence-corrected chi connectivity index (χ3v) is 3.80. The molecule has 0 amide bonds. The minimum Gasteiger partial charge on any atom is -0.301 e. The van der Waals surface area contributed by atoms with Crippen LogP contribution in [0.1, 0.15) is 41.0 Å². The molecule has 2 atom stereocenters. The maximum absolute atomic E-state index is 2.66. The van der Waals surface area contributed by atoms with Crippen molar-refractivity contribution in [1.82, 2.24) is 4.90 Å². The number of hydrogen-bond donors (Lipinski definition) is 0. The quantitative estimate of drug-likeness (QED) is 0.585. The highest BCUT2D eigenvalue weighted by atomic mass is 15.2. The van der Waals surface area contributed by atoms with Gasteiger partial charge in [-0.15, -0.1) is 0 Å². The lowest BCUT2D eigenvalue weighted by Gasteiger charge is -2.37. The van der Waals surface area contributed by atoms with E-state index < -0.39 is 0 Å². The molecule has 1 saturated carbocycles. The summed E-state index contributed by atoms with van der Waals surface area (Å²) in [6.45, 7) is 7.41. The Morgan fingerprint density at radius 1 is 1.17 bits per heavy atom. The molecule has 1 aliphatic carbocycles. The van der Waals surface area contributed by atoms with Crippen molar-refractivity contribution in [2.45, 2.75) is 45.6 Å². The van der Waals surface area contributed by atoms with Crippen molar-refractivity contribution in [3.8, 4) is 0 Å². The number of rotatable bonds is 1. The van der Waals surface area contributed by atoms with E-state index in [-0.39, 0.29) is 1.43 Å². The minimum atomic E-state index is 0. The first kappa shape index (κ1) is 8.55. The van der Waals surface area contributed by atoms with Gasteiger partial charge >= 0.3 is 0 Å². The molecule has 2 aliphatic rings. The van der Waals surface area contributed by atoms with Gasteiger partial charge < -0.3 is 4.90 Å². The first-order valence-corrected chi connectivity index (χ1v) is 5.51. The van der Waals surface area contributed by atoms with Crippen LogP contribution in [0.3, 0.4) is 0 Å². The van der Waals surface area contributed by atoms with Crippen molar-refractivity contribution in [3.63, 3.8) is 0 Å². The zero-order chi connectivity index (χ0) is 8.55. The lowest BCUT2D eigenvalue weighted by Crippen LogP contribution is -2.42. The Bertz CT molecular complexity index is 158. The summed E-state index contributed by atoms with van der Waals surface area (Å²) < 4.78 is 0. The Morgan fingerprint density at radius 3 is 2.67 bits per heavy atom. The van der Waals surface area contributed by atoms with Crippen LogP contribution < -0.4 is 0 Å². The van der Waals surface area contributed by atoms with Gasteiger partial charge in [0.05, 0.1) is 0 Å².